The Morgan fingerprint density at radius 1 is 0.698 bits per heavy atom. The molecule has 0 spiro atoms. The van der Waals surface area contributed by atoms with Gasteiger partial charge in [0.25, 0.3) is 0 Å². The number of methoxy groups -OCH3 is 1. The van der Waals surface area contributed by atoms with Gasteiger partial charge in [-0.2, -0.15) is 0 Å². The van der Waals surface area contributed by atoms with E-state index in [1.54, 1.807) is 43.3 Å². The normalized spacial score (nSPS) is 21.6. The summed E-state index contributed by atoms with van der Waals surface area (Å²) in [6.07, 6.45) is -4.20. The Kier molecular flexibility index (Phi) is 10.7. The monoisotopic (exact) mass is 648 g/mol. The SMILES string of the molecule is CO[C@@H]1OC(COC(=O)c2ccc(C)c(Cl)c2)[C@H](C)[C@H](OC(=O)c2ccc(C)c(Cl)c2)C1OC(=O)c1ccc(C)c(Cl)c1. The van der Waals surface area contributed by atoms with E-state index < -0.39 is 48.4 Å². The Hall–Kier alpha value is -3.14. The van der Waals surface area contributed by atoms with Gasteiger partial charge in [0.1, 0.15) is 18.8 Å². The first-order valence-corrected chi connectivity index (χ1v) is 14.6. The lowest BCUT2D eigenvalue weighted by Crippen LogP contribution is -2.58. The summed E-state index contributed by atoms with van der Waals surface area (Å²) in [5.41, 5.74) is 3.07. The molecule has 0 amide bonds. The first-order valence-electron chi connectivity index (χ1n) is 13.5. The number of esters is 3. The molecule has 1 fully saturated rings. The summed E-state index contributed by atoms with van der Waals surface area (Å²) in [7, 11) is 1.36. The van der Waals surface area contributed by atoms with Crippen LogP contribution in [0.4, 0.5) is 0 Å². The maximum Gasteiger partial charge on any atom is 0.338 e. The number of carbonyl (C=O) groups excluding carboxylic acids is 3. The second-order valence-electron chi connectivity index (χ2n) is 10.4. The maximum atomic E-state index is 13.3. The number of benzene rings is 3. The Balaban J connectivity index is 1.59. The van der Waals surface area contributed by atoms with Gasteiger partial charge >= 0.3 is 17.9 Å². The first kappa shape index (κ1) is 32.8. The van der Waals surface area contributed by atoms with Crippen LogP contribution < -0.4 is 0 Å². The van der Waals surface area contributed by atoms with Crippen molar-refractivity contribution in [3.8, 4) is 0 Å². The minimum atomic E-state index is -1.18. The van der Waals surface area contributed by atoms with Gasteiger partial charge in [-0.05, 0) is 73.9 Å². The molecule has 1 aliphatic rings. The molecule has 0 aromatic heterocycles. The molecule has 11 heteroatoms. The lowest BCUT2D eigenvalue weighted by atomic mass is 9.90. The van der Waals surface area contributed by atoms with E-state index >= 15 is 0 Å². The van der Waals surface area contributed by atoms with Gasteiger partial charge in [0.05, 0.1) is 16.7 Å². The second kappa shape index (κ2) is 14.1. The van der Waals surface area contributed by atoms with E-state index in [0.29, 0.717) is 15.1 Å². The quantitative estimate of drug-likeness (QED) is 0.187. The van der Waals surface area contributed by atoms with Crippen LogP contribution in [-0.4, -0.2) is 56.2 Å². The van der Waals surface area contributed by atoms with E-state index in [1.165, 1.54) is 25.3 Å². The second-order valence-corrected chi connectivity index (χ2v) is 11.6. The predicted octanol–water partition coefficient (Wildman–Crippen LogP) is 7.19. The van der Waals surface area contributed by atoms with Gasteiger partial charge in [-0.15, -0.1) is 0 Å². The molecule has 1 heterocycles. The van der Waals surface area contributed by atoms with Crippen molar-refractivity contribution in [3.63, 3.8) is 0 Å². The van der Waals surface area contributed by atoms with Crippen molar-refractivity contribution in [2.75, 3.05) is 13.7 Å². The number of halogens is 3. The molecule has 8 nitrogen and oxygen atoms in total. The number of ether oxygens (including phenoxy) is 5. The number of hydrogen-bond acceptors (Lipinski definition) is 8. The summed E-state index contributed by atoms with van der Waals surface area (Å²) in [6, 6.07) is 14.4. The average molecular weight is 650 g/mol. The summed E-state index contributed by atoms with van der Waals surface area (Å²) in [4.78, 5) is 39.3. The molecule has 0 bridgehead atoms. The predicted molar refractivity (Wildman–Crippen MR) is 162 cm³/mol. The maximum absolute atomic E-state index is 13.3. The highest BCUT2D eigenvalue weighted by atomic mass is 35.5. The van der Waals surface area contributed by atoms with Crippen LogP contribution >= 0.6 is 34.8 Å². The van der Waals surface area contributed by atoms with Crippen LogP contribution in [0.1, 0.15) is 54.7 Å². The average Bonchev–Trinajstić information content (AvgIpc) is 2.98. The molecular formula is C32H31Cl3O8. The number of rotatable bonds is 8. The van der Waals surface area contributed by atoms with Crippen molar-refractivity contribution in [1.82, 2.24) is 0 Å². The minimum Gasteiger partial charge on any atom is -0.459 e. The summed E-state index contributed by atoms with van der Waals surface area (Å²) in [5.74, 6) is -2.64. The van der Waals surface area contributed by atoms with E-state index in [0.717, 1.165) is 16.7 Å². The third-order valence-corrected chi connectivity index (χ3v) is 8.55. The third-order valence-electron chi connectivity index (χ3n) is 7.33. The Bertz CT molecular complexity index is 1520. The van der Waals surface area contributed by atoms with Crippen molar-refractivity contribution < 1.29 is 38.1 Å². The zero-order chi connectivity index (χ0) is 31.4. The standard InChI is InChI=1S/C32H31Cl3O8/c1-16-6-9-20(12-23(16)33)29(36)40-15-26-19(4)27(42-30(37)21-10-7-17(2)24(34)13-21)28(32(39-5)41-26)43-31(38)22-11-8-18(3)25(35)14-22/h6-14,19,26-28,32H,15H2,1-5H3/t19-,26?,27-,28?,32+/m0/s1. The Morgan fingerprint density at radius 3 is 1.53 bits per heavy atom. The summed E-state index contributed by atoms with van der Waals surface area (Å²) >= 11 is 18.6. The van der Waals surface area contributed by atoms with Crippen molar-refractivity contribution in [1.29, 1.82) is 0 Å². The molecule has 5 atom stereocenters. The van der Waals surface area contributed by atoms with Crippen LogP contribution in [0, 0.1) is 26.7 Å². The number of hydrogen-bond donors (Lipinski definition) is 0. The van der Waals surface area contributed by atoms with Crippen LogP contribution in [0.5, 0.6) is 0 Å². The third kappa shape index (κ3) is 7.69. The van der Waals surface area contributed by atoms with Crippen LogP contribution in [0.25, 0.3) is 0 Å². The highest BCUT2D eigenvalue weighted by Crippen LogP contribution is 2.33. The van der Waals surface area contributed by atoms with E-state index in [4.69, 9.17) is 58.5 Å². The van der Waals surface area contributed by atoms with Crippen LogP contribution in [0.2, 0.25) is 15.1 Å². The molecule has 43 heavy (non-hydrogen) atoms. The van der Waals surface area contributed by atoms with Gasteiger partial charge in [-0.3, -0.25) is 0 Å². The largest absolute Gasteiger partial charge is 0.459 e. The Labute approximate surface area is 265 Å². The van der Waals surface area contributed by atoms with E-state index in [-0.39, 0.29) is 23.3 Å². The zero-order valence-corrected chi connectivity index (χ0v) is 26.5. The van der Waals surface area contributed by atoms with E-state index in [2.05, 4.69) is 0 Å². The van der Waals surface area contributed by atoms with Crippen LogP contribution in [-0.2, 0) is 23.7 Å². The molecule has 3 aromatic carbocycles. The molecule has 0 N–H and O–H groups in total. The fourth-order valence-corrected chi connectivity index (χ4v) is 5.04. The van der Waals surface area contributed by atoms with Gasteiger partial charge < -0.3 is 23.7 Å². The topological polar surface area (TPSA) is 97.4 Å². The van der Waals surface area contributed by atoms with Crippen molar-refractivity contribution in [2.45, 2.75) is 52.3 Å². The lowest BCUT2D eigenvalue weighted by Gasteiger charge is -2.43. The van der Waals surface area contributed by atoms with Gasteiger partial charge in [0.2, 0.25) is 0 Å². The molecule has 228 valence electrons. The number of aryl methyl sites for hydroxylation is 3. The highest BCUT2D eigenvalue weighted by Gasteiger charge is 2.49. The minimum absolute atomic E-state index is 0.196. The van der Waals surface area contributed by atoms with Crippen molar-refractivity contribution in [2.24, 2.45) is 5.92 Å². The fourth-order valence-electron chi connectivity index (χ4n) is 4.50. The van der Waals surface area contributed by atoms with Gasteiger partial charge in [-0.1, -0.05) is 59.9 Å². The Morgan fingerprint density at radius 2 is 1.12 bits per heavy atom. The van der Waals surface area contributed by atoms with Crippen molar-refractivity contribution >= 4 is 52.7 Å². The van der Waals surface area contributed by atoms with Crippen LogP contribution in [0.15, 0.2) is 54.6 Å². The summed E-state index contributed by atoms with van der Waals surface area (Å²) in [6.45, 7) is 6.97. The summed E-state index contributed by atoms with van der Waals surface area (Å²) in [5, 5.41) is 1.21. The van der Waals surface area contributed by atoms with E-state index in [9.17, 15) is 14.4 Å². The molecule has 1 saturated heterocycles. The van der Waals surface area contributed by atoms with E-state index in [1.807, 2.05) is 20.8 Å². The molecule has 2 unspecified atom stereocenters. The molecular weight excluding hydrogens is 619 g/mol. The summed E-state index contributed by atoms with van der Waals surface area (Å²) < 4.78 is 28.9. The molecule has 0 radical (unpaired) electrons. The number of carbonyl (C=O) groups is 3. The van der Waals surface area contributed by atoms with Crippen molar-refractivity contribution in [3.05, 3.63) is 103 Å². The fraction of sp³-hybridized carbons (Fsp3) is 0.344. The molecule has 3 aromatic rings. The highest BCUT2D eigenvalue weighted by molar-refractivity contribution is 6.32. The van der Waals surface area contributed by atoms with Gasteiger partial charge in [0.15, 0.2) is 12.4 Å². The molecule has 0 saturated carbocycles. The smallest absolute Gasteiger partial charge is 0.338 e. The first-order chi connectivity index (χ1) is 20.4. The molecule has 4 rings (SSSR count). The molecule has 1 aliphatic heterocycles. The van der Waals surface area contributed by atoms with Gasteiger partial charge in [-0.25, -0.2) is 14.4 Å². The van der Waals surface area contributed by atoms with Crippen LogP contribution in [0.3, 0.4) is 0 Å². The van der Waals surface area contributed by atoms with Gasteiger partial charge in [0, 0.05) is 28.1 Å². The molecule has 0 aliphatic carbocycles. The lowest BCUT2D eigenvalue weighted by molar-refractivity contribution is -0.278. The zero-order valence-electron chi connectivity index (χ0n) is 24.2.